The van der Waals surface area contributed by atoms with E-state index in [0.717, 1.165) is 30.9 Å². The first kappa shape index (κ1) is 21.1. The van der Waals surface area contributed by atoms with Crippen LogP contribution in [0.2, 0.25) is 0 Å². The van der Waals surface area contributed by atoms with E-state index in [2.05, 4.69) is 30.0 Å². The van der Waals surface area contributed by atoms with Gasteiger partial charge in [0.25, 0.3) is 0 Å². The number of ether oxygens (including phenoxy) is 1. The van der Waals surface area contributed by atoms with E-state index in [9.17, 15) is 13.2 Å². The quantitative estimate of drug-likeness (QED) is 0.540. The molecule has 5 rings (SSSR count). The molecule has 2 unspecified atom stereocenters. The van der Waals surface area contributed by atoms with Crippen LogP contribution in [0, 0.1) is 6.92 Å². The van der Waals surface area contributed by atoms with E-state index < -0.39 is 11.7 Å². The Morgan fingerprint density at radius 1 is 1.16 bits per heavy atom. The molecule has 0 saturated carbocycles. The van der Waals surface area contributed by atoms with Crippen molar-refractivity contribution < 1.29 is 17.9 Å². The Morgan fingerprint density at radius 3 is 2.66 bits per heavy atom. The van der Waals surface area contributed by atoms with E-state index in [-0.39, 0.29) is 17.5 Å². The lowest BCUT2D eigenvalue weighted by molar-refractivity contribution is -0.137. The van der Waals surface area contributed by atoms with Crippen molar-refractivity contribution in [1.29, 1.82) is 0 Å². The van der Waals surface area contributed by atoms with Crippen LogP contribution in [-0.4, -0.2) is 31.4 Å². The summed E-state index contributed by atoms with van der Waals surface area (Å²) in [5.74, 6) is 1.48. The van der Waals surface area contributed by atoms with Gasteiger partial charge in [-0.1, -0.05) is 0 Å². The third kappa shape index (κ3) is 4.40. The van der Waals surface area contributed by atoms with Crippen LogP contribution in [0.15, 0.2) is 30.6 Å². The molecule has 3 aromatic rings. The number of nitrogens with one attached hydrogen (secondary N) is 2. The van der Waals surface area contributed by atoms with Crippen molar-refractivity contribution in [2.24, 2.45) is 0 Å². The molecular formula is C21H21F3N6OS. The molecule has 2 fully saturated rings. The highest BCUT2D eigenvalue weighted by Crippen LogP contribution is 2.39. The van der Waals surface area contributed by atoms with Crippen LogP contribution >= 0.6 is 11.5 Å². The van der Waals surface area contributed by atoms with Gasteiger partial charge in [-0.3, -0.25) is 4.98 Å². The van der Waals surface area contributed by atoms with Gasteiger partial charge < -0.3 is 15.4 Å². The average molecular weight is 463 g/mol. The van der Waals surface area contributed by atoms with E-state index >= 15 is 0 Å². The maximum atomic E-state index is 13.3. The second-order valence-corrected chi connectivity index (χ2v) is 8.90. The van der Waals surface area contributed by atoms with Gasteiger partial charge in [0.05, 0.1) is 11.3 Å². The van der Waals surface area contributed by atoms with Crippen LogP contribution in [0.4, 0.5) is 24.1 Å². The number of hydrogen-bond donors (Lipinski definition) is 2. The van der Waals surface area contributed by atoms with E-state index in [4.69, 9.17) is 4.74 Å². The average Bonchev–Trinajstić information content (AvgIpc) is 3.36. The van der Waals surface area contributed by atoms with Gasteiger partial charge in [0, 0.05) is 41.9 Å². The van der Waals surface area contributed by atoms with Crippen molar-refractivity contribution in [2.45, 2.75) is 56.8 Å². The van der Waals surface area contributed by atoms with Gasteiger partial charge in [-0.2, -0.15) is 17.5 Å². The zero-order valence-electron chi connectivity index (χ0n) is 17.2. The molecule has 2 aliphatic heterocycles. The summed E-state index contributed by atoms with van der Waals surface area (Å²) in [6.07, 6.45) is 2.18. The molecule has 5 heterocycles. The summed E-state index contributed by atoms with van der Waals surface area (Å²) in [7, 11) is 0. The smallest absolute Gasteiger partial charge is 0.418 e. The fourth-order valence-corrected chi connectivity index (χ4v) is 4.93. The van der Waals surface area contributed by atoms with Gasteiger partial charge in [-0.25, -0.2) is 9.97 Å². The van der Waals surface area contributed by atoms with Crippen LogP contribution in [-0.2, 0) is 6.18 Å². The van der Waals surface area contributed by atoms with Crippen molar-refractivity contribution in [3.63, 3.8) is 0 Å². The topological polar surface area (TPSA) is 84.9 Å². The van der Waals surface area contributed by atoms with E-state index in [1.807, 2.05) is 0 Å². The molecule has 168 valence electrons. The van der Waals surface area contributed by atoms with E-state index in [0.29, 0.717) is 28.7 Å². The Kier molecular flexibility index (Phi) is 5.46. The highest BCUT2D eigenvalue weighted by molar-refractivity contribution is 7.09. The zero-order chi connectivity index (χ0) is 22.3. The molecule has 0 aromatic carbocycles. The van der Waals surface area contributed by atoms with Crippen molar-refractivity contribution in [3.05, 3.63) is 47.7 Å². The molecule has 2 atom stereocenters. The molecule has 11 heteroatoms. The summed E-state index contributed by atoms with van der Waals surface area (Å²) >= 11 is 1.17. The zero-order valence-corrected chi connectivity index (χ0v) is 18.0. The molecular weight excluding hydrogens is 441 g/mol. The predicted octanol–water partition coefficient (Wildman–Crippen LogP) is 5.19. The molecule has 3 aromatic heterocycles. The first-order valence-corrected chi connectivity index (χ1v) is 11.2. The molecule has 2 bridgehead atoms. The monoisotopic (exact) mass is 462 g/mol. The van der Waals surface area contributed by atoms with Gasteiger partial charge in [0.2, 0.25) is 5.13 Å². The summed E-state index contributed by atoms with van der Waals surface area (Å²) in [6, 6.07) is 5.24. The van der Waals surface area contributed by atoms with Gasteiger partial charge in [-0.15, -0.1) is 0 Å². The molecule has 2 saturated heterocycles. The number of pyridine rings is 2. The van der Waals surface area contributed by atoms with Crippen LogP contribution < -0.4 is 15.4 Å². The number of aryl methyl sites for hydroxylation is 1. The lowest BCUT2D eigenvalue weighted by atomic mass is 9.92. The number of nitrogens with zero attached hydrogens (tertiary/aromatic N) is 4. The Balaban J connectivity index is 1.40. The minimum Gasteiger partial charge on any atom is -0.452 e. The Morgan fingerprint density at radius 2 is 1.94 bits per heavy atom. The minimum atomic E-state index is -4.54. The van der Waals surface area contributed by atoms with Crippen LogP contribution in [0.5, 0.6) is 11.5 Å². The normalized spacial score (nSPS) is 22.7. The number of fused-ring (bicyclic) bond motifs is 2. The molecule has 7 nitrogen and oxygen atoms in total. The molecule has 2 aliphatic rings. The van der Waals surface area contributed by atoms with Crippen molar-refractivity contribution in [1.82, 2.24) is 24.6 Å². The van der Waals surface area contributed by atoms with Gasteiger partial charge in [0.15, 0.2) is 11.6 Å². The van der Waals surface area contributed by atoms with Gasteiger partial charge in [-0.05, 0) is 50.8 Å². The molecule has 0 amide bonds. The Hall–Kier alpha value is -2.79. The molecule has 0 radical (unpaired) electrons. The third-order valence-corrected chi connectivity index (χ3v) is 6.51. The number of hydrogen-bond acceptors (Lipinski definition) is 8. The van der Waals surface area contributed by atoms with Gasteiger partial charge >= 0.3 is 6.18 Å². The molecule has 32 heavy (non-hydrogen) atoms. The standard InChI is InChI=1S/C21H21F3N6OS/c1-11-16(3-2-6-25-11)31-17-9-13(21(22,23)24)10-26-19(17)29-20-28-18(30-32-20)12-7-14-4-5-15(8-12)27-14/h2-3,6,9-10,12,14-15,27H,4-5,7-8H2,1H3,(H,26,28,29,30). The van der Waals surface area contributed by atoms with E-state index in [1.54, 1.807) is 25.3 Å². The highest BCUT2D eigenvalue weighted by Gasteiger charge is 2.36. The summed E-state index contributed by atoms with van der Waals surface area (Å²) in [5.41, 5.74) is -0.350. The Bertz CT molecular complexity index is 1110. The van der Waals surface area contributed by atoms with Crippen LogP contribution in [0.25, 0.3) is 0 Å². The van der Waals surface area contributed by atoms with E-state index in [1.165, 1.54) is 24.4 Å². The SMILES string of the molecule is Cc1ncccc1Oc1cc(C(F)(F)F)cnc1Nc1nc(C2CC3CCC(C2)N3)ns1. The number of anilines is 2. The minimum absolute atomic E-state index is 0.0624. The fourth-order valence-electron chi connectivity index (χ4n) is 4.29. The first-order chi connectivity index (χ1) is 15.3. The maximum absolute atomic E-state index is 13.3. The second-order valence-electron chi connectivity index (χ2n) is 8.15. The largest absolute Gasteiger partial charge is 0.452 e. The lowest BCUT2D eigenvalue weighted by Crippen LogP contribution is -2.37. The summed E-state index contributed by atoms with van der Waals surface area (Å²) in [4.78, 5) is 12.7. The van der Waals surface area contributed by atoms with Crippen molar-refractivity contribution >= 4 is 22.5 Å². The highest BCUT2D eigenvalue weighted by atomic mass is 32.1. The van der Waals surface area contributed by atoms with Crippen LogP contribution in [0.1, 0.15) is 48.7 Å². The second kappa shape index (κ2) is 8.28. The number of alkyl halides is 3. The summed E-state index contributed by atoms with van der Waals surface area (Å²) < 4.78 is 50.1. The van der Waals surface area contributed by atoms with Gasteiger partial charge in [0.1, 0.15) is 11.6 Å². The molecule has 0 spiro atoms. The van der Waals surface area contributed by atoms with Crippen LogP contribution in [0.3, 0.4) is 0 Å². The number of aromatic nitrogens is 4. The number of halogens is 3. The summed E-state index contributed by atoms with van der Waals surface area (Å²) in [5, 5.41) is 7.06. The number of piperidine rings is 1. The first-order valence-electron chi connectivity index (χ1n) is 10.4. The Labute approximate surface area is 186 Å². The maximum Gasteiger partial charge on any atom is 0.418 e. The predicted molar refractivity (Wildman–Crippen MR) is 113 cm³/mol. The fraction of sp³-hybridized carbons (Fsp3) is 0.429. The molecule has 0 aliphatic carbocycles. The summed E-state index contributed by atoms with van der Waals surface area (Å²) in [6.45, 7) is 1.71. The number of rotatable bonds is 5. The lowest BCUT2D eigenvalue weighted by Gasteiger charge is -2.27. The van der Waals surface area contributed by atoms with Crippen molar-refractivity contribution in [3.8, 4) is 11.5 Å². The molecule has 2 N–H and O–H groups in total. The third-order valence-electron chi connectivity index (χ3n) is 5.86. The van der Waals surface area contributed by atoms with Crippen molar-refractivity contribution in [2.75, 3.05) is 5.32 Å².